The minimum Gasteiger partial charge on any atom is -0.479 e. The van der Waals surface area contributed by atoms with Gasteiger partial charge in [0, 0.05) is 12.5 Å². The van der Waals surface area contributed by atoms with Crippen LogP contribution in [0.2, 0.25) is 0 Å². The third-order valence-corrected chi connectivity index (χ3v) is 12.8. The van der Waals surface area contributed by atoms with E-state index in [-0.39, 0.29) is 30.7 Å². The maximum absolute atomic E-state index is 14.1. The number of hydrogen-bond acceptors (Lipinski definition) is 19. The average molecular weight is 967 g/mol. The Morgan fingerprint density at radius 1 is 0.851 bits per heavy atom. The van der Waals surface area contributed by atoms with Gasteiger partial charge in [0.15, 0.2) is 42.4 Å². The fourth-order valence-electron chi connectivity index (χ4n) is 9.19. The van der Waals surface area contributed by atoms with Gasteiger partial charge in [0.1, 0.15) is 72.7 Å². The summed E-state index contributed by atoms with van der Waals surface area (Å²) in [6.07, 6.45) is -21.0. The van der Waals surface area contributed by atoms with Crippen molar-refractivity contribution in [2.45, 2.75) is 170 Å². The van der Waals surface area contributed by atoms with Crippen LogP contribution < -0.4 is 5.32 Å². The summed E-state index contributed by atoms with van der Waals surface area (Å²) in [6, 6.07) is -1.42. The van der Waals surface area contributed by atoms with Crippen LogP contribution in [-0.4, -0.2) is 197 Å². The van der Waals surface area contributed by atoms with Crippen molar-refractivity contribution in [1.82, 2.24) is 20.3 Å². The zero-order chi connectivity index (χ0) is 49.0. The number of benzene rings is 1. The molecule has 1 aromatic carbocycles. The van der Waals surface area contributed by atoms with Gasteiger partial charge in [-0.25, -0.2) is 22.6 Å². The van der Waals surface area contributed by atoms with Gasteiger partial charge in [-0.05, 0) is 50.2 Å². The molecule has 11 unspecified atom stereocenters. The molecule has 2 aromatic rings. The second-order valence-electron chi connectivity index (χ2n) is 17.5. The number of nitrogens with zero attached hydrogens (tertiary/aromatic N) is 3. The number of aliphatic carboxylic acids is 1. The number of halogens is 3. The van der Waals surface area contributed by atoms with Crippen molar-refractivity contribution in [2.24, 2.45) is 11.8 Å². The number of aliphatic hydroxyl groups excluding tert-OH is 8. The third kappa shape index (κ3) is 11.8. The number of amides is 1. The lowest BCUT2D eigenvalue weighted by atomic mass is 9.76. The number of rotatable bonds is 18. The SMILES string of the molecule is CCC[C@H](O[C@@H]1C(NC(C)=O)[C@H](O[C@@H]2CC(CO[C@H]3OC(CO)[C@@H](O)C(n4cc(-c5cc(F)c(F)c(F)c5)nn4)C3O)CC(CC)C2O[C@@H]2OC(C)[C@@H](O)C(O)C2O)OC(CO)[C@@H]1O)C(=O)O. The predicted octanol–water partition coefficient (Wildman–Crippen LogP) is -1.39. The molecular formula is C42H61F3N4O18. The molecule has 3 saturated heterocycles. The van der Waals surface area contributed by atoms with E-state index in [4.69, 9.17) is 33.2 Å². The summed E-state index contributed by atoms with van der Waals surface area (Å²) in [6.45, 7) is 4.44. The Balaban J connectivity index is 1.28. The molecule has 25 heteroatoms. The maximum Gasteiger partial charge on any atom is 0.332 e. The highest BCUT2D eigenvalue weighted by Gasteiger charge is 2.53. The van der Waals surface area contributed by atoms with Gasteiger partial charge in [-0.1, -0.05) is 31.9 Å². The Hall–Kier alpha value is -3.51. The minimum atomic E-state index is -1.73. The number of carboxylic acid groups (broad SMARTS) is 1. The van der Waals surface area contributed by atoms with E-state index in [0.29, 0.717) is 31.4 Å². The molecule has 20 atom stereocenters. The third-order valence-electron chi connectivity index (χ3n) is 12.8. The Morgan fingerprint density at radius 3 is 2.12 bits per heavy atom. The fraction of sp³-hybridized carbons (Fsp3) is 0.762. The molecule has 10 N–H and O–H groups in total. The number of nitrogens with one attached hydrogen (secondary N) is 1. The average Bonchev–Trinajstić information content (AvgIpc) is 3.78. The fourth-order valence-corrected chi connectivity index (χ4v) is 9.19. The maximum atomic E-state index is 14.1. The number of carbonyl (C=O) groups excluding carboxylic acids is 1. The van der Waals surface area contributed by atoms with E-state index < -0.39 is 165 Å². The Labute approximate surface area is 382 Å². The Kier molecular flexibility index (Phi) is 18.1. The molecule has 6 rings (SSSR count). The molecule has 0 bridgehead atoms. The van der Waals surface area contributed by atoms with Crippen LogP contribution in [-0.2, 0) is 42.7 Å². The molecule has 1 amide bonds. The van der Waals surface area contributed by atoms with Crippen LogP contribution in [0.5, 0.6) is 0 Å². The van der Waals surface area contributed by atoms with E-state index >= 15 is 0 Å². The Morgan fingerprint density at radius 2 is 1.51 bits per heavy atom. The van der Waals surface area contributed by atoms with Crippen LogP contribution in [0.3, 0.4) is 0 Å². The standard InChI is InChI=1S/C42H61F3N4O18/c1-5-7-24(39(59)60)63-38-29(46-17(4)52)40(65-27(14-51)33(38)55)64-25-9-18(8-19(6-2)37(25)67-42-36(58)35(57)31(53)16(3)62-42)15-61-41-34(56)30(32(54)26(13-50)66-41)49-12-23(47-48-49)20-10-21(43)28(45)22(44)11-20/h10-12,16,18-19,24-27,29-38,40-42,50-51,53-58H,5-9,13-15H2,1-4H3,(H,46,52)(H,59,60)/t16?,18?,19?,24-,25+,26?,27?,29?,30?,31+,32+,33-,34?,35?,36?,37?,38+,40+,41-,42-/m0/s1. The van der Waals surface area contributed by atoms with Gasteiger partial charge in [-0.3, -0.25) is 4.79 Å². The number of hydrogen-bond donors (Lipinski definition) is 10. The summed E-state index contributed by atoms with van der Waals surface area (Å²) >= 11 is 0. The summed E-state index contributed by atoms with van der Waals surface area (Å²) < 4.78 is 85.5. The summed E-state index contributed by atoms with van der Waals surface area (Å²) in [5.74, 6) is -7.65. The van der Waals surface area contributed by atoms with Crippen LogP contribution in [0.1, 0.15) is 65.8 Å². The molecule has 1 saturated carbocycles. The van der Waals surface area contributed by atoms with Crippen molar-refractivity contribution in [3.63, 3.8) is 0 Å². The van der Waals surface area contributed by atoms with Gasteiger partial charge < -0.3 is 84.4 Å². The first kappa shape index (κ1) is 52.9. The number of aromatic nitrogens is 3. The topological polar surface area (TPSA) is 324 Å². The lowest BCUT2D eigenvalue weighted by molar-refractivity contribution is -0.340. The second kappa shape index (κ2) is 22.9. The van der Waals surface area contributed by atoms with E-state index in [1.807, 2.05) is 6.92 Å². The molecule has 22 nitrogen and oxygen atoms in total. The molecule has 4 heterocycles. The number of carboxylic acids is 1. The van der Waals surface area contributed by atoms with E-state index in [2.05, 4.69) is 15.6 Å². The van der Waals surface area contributed by atoms with E-state index in [9.17, 15) is 68.7 Å². The van der Waals surface area contributed by atoms with Crippen molar-refractivity contribution < 1.29 is 102 Å². The molecule has 0 radical (unpaired) electrons. The van der Waals surface area contributed by atoms with E-state index in [1.165, 1.54) is 6.92 Å². The van der Waals surface area contributed by atoms with Crippen molar-refractivity contribution in [1.29, 1.82) is 0 Å². The van der Waals surface area contributed by atoms with Gasteiger partial charge in [-0.15, -0.1) is 5.10 Å². The lowest BCUT2D eigenvalue weighted by Crippen LogP contribution is -2.67. The first-order chi connectivity index (χ1) is 31.8. The summed E-state index contributed by atoms with van der Waals surface area (Å²) in [5, 5.41) is 107. The Bertz CT molecular complexity index is 1940. The molecule has 1 aromatic heterocycles. The van der Waals surface area contributed by atoms with Crippen molar-refractivity contribution in [3.8, 4) is 11.3 Å². The van der Waals surface area contributed by atoms with E-state index in [1.54, 1.807) is 6.92 Å². The highest BCUT2D eigenvalue weighted by Crippen LogP contribution is 2.41. The normalized spacial score (nSPS) is 38.6. The largest absolute Gasteiger partial charge is 0.479 e. The monoisotopic (exact) mass is 966 g/mol. The lowest BCUT2D eigenvalue weighted by Gasteiger charge is -2.49. The highest BCUT2D eigenvalue weighted by molar-refractivity contribution is 5.73. The van der Waals surface area contributed by atoms with Gasteiger partial charge >= 0.3 is 5.97 Å². The van der Waals surface area contributed by atoms with Crippen LogP contribution in [0.15, 0.2) is 18.3 Å². The summed E-state index contributed by atoms with van der Waals surface area (Å²) in [4.78, 5) is 24.9. The summed E-state index contributed by atoms with van der Waals surface area (Å²) in [5.41, 5.74) is -0.347. The van der Waals surface area contributed by atoms with Gasteiger partial charge in [0.2, 0.25) is 5.91 Å². The van der Waals surface area contributed by atoms with Crippen LogP contribution >= 0.6 is 0 Å². The van der Waals surface area contributed by atoms with Gasteiger partial charge in [-0.2, -0.15) is 0 Å². The molecule has 4 fully saturated rings. The van der Waals surface area contributed by atoms with Gasteiger partial charge in [0.25, 0.3) is 0 Å². The van der Waals surface area contributed by atoms with Crippen LogP contribution in [0.25, 0.3) is 11.3 Å². The number of aliphatic hydroxyl groups is 8. The van der Waals surface area contributed by atoms with E-state index in [0.717, 1.165) is 17.8 Å². The first-order valence-corrected chi connectivity index (χ1v) is 22.2. The molecular weight excluding hydrogens is 905 g/mol. The quantitative estimate of drug-likeness (QED) is 0.0770. The van der Waals surface area contributed by atoms with Crippen molar-refractivity contribution in [2.75, 3.05) is 19.8 Å². The van der Waals surface area contributed by atoms with Gasteiger partial charge in [0.05, 0.1) is 44.3 Å². The molecule has 0 spiro atoms. The molecule has 1 aliphatic carbocycles. The predicted molar refractivity (Wildman–Crippen MR) is 217 cm³/mol. The molecule has 67 heavy (non-hydrogen) atoms. The smallest absolute Gasteiger partial charge is 0.332 e. The zero-order valence-corrected chi connectivity index (χ0v) is 37.1. The van der Waals surface area contributed by atoms with Crippen molar-refractivity contribution in [3.05, 3.63) is 35.8 Å². The number of ether oxygens (including phenoxy) is 7. The highest BCUT2D eigenvalue weighted by atomic mass is 19.2. The summed E-state index contributed by atoms with van der Waals surface area (Å²) in [7, 11) is 0. The molecule has 378 valence electrons. The number of carbonyl (C=O) groups is 2. The zero-order valence-electron chi connectivity index (χ0n) is 37.1. The van der Waals surface area contributed by atoms with Crippen LogP contribution in [0, 0.1) is 29.3 Å². The van der Waals surface area contributed by atoms with Crippen molar-refractivity contribution >= 4 is 11.9 Å². The minimum absolute atomic E-state index is 0.0122. The second-order valence-corrected chi connectivity index (χ2v) is 17.5. The first-order valence-electron chi connectivity index (χ1n) is 22.2. The van der Waals surface area contributed by atoms with Crippen LogP contribution in [0.4, 0.5) is 13.2 Å². The molecule has 3 aliphatic heterocycles. The molecule has 4 aliphatic rings.